The smallest absolute Gasteiger partial charge is 0.310 e. The fourth-order valence-electron chi connectivity index (χ4n) is 2.27. The quantitative estimate of drug-likeness (QED) is 0.642. The lowest BCUT2D eigenvalue weighted by Gasteiger charge is -2.10. The number of aryl methyl sites for hydroxylation is 1. The van der Waals surface area contributed by atoms with Crippen LogP contribution >= 0.6 is 0 Å². The van der Waals surface area contributed by atoms with Gasteiger partial charge in [-0.15, -0.1) is 0 Å². The molecule has 8 heteroatoms. The first kappa shape index (κ1) is 16.9. The molecule has 1 aromatic carbocycles. The number of pyridine rings is 1. The first-order chi connectivity index (χ1) is 10.8. The van der Waals surface area contributed by atoms with Crippen LogP contribution in [0.15, 0.2) is 41.6 Å². The first-order valence-corrected chi connectivity index (χ1v) is 8.80. The van der Waals surface area contributed by atoms with Crippen molar-refractivity contribution in [2.24, 2.45) is 0 Å². The minimum absolute atomic E-state index is 0.199. The van der Waals surface area contributed by atoms with Gasteiger partial charge in [0.2, 0.25) is 0 Å². The molecule has 0 atom stereocenters. The van der Waals surface area contributed by atoms with E-state index in [9.17, 15) is 18.5 Å². The van der Waals surface area contributed by atoms with Crippen LogP contribution in [-0.2, 0) is 16.3 Å². The lowest BCUT2D eigenvalue weighted by Crippen LogP contribution is -2.10. The number of nitrogens with zero attached hydrogens (tertiary/aromatic N) is 2. The van der Waals surface area contributed by atoms with Crippen LogP contribution in [0, 0.1) is 17.0 Å². The number of aromatic nitrogens is 1. The Morgan fingerprint density at radius 3 is 2.65 bits per heavy atom. The van der Waals surface area contributed by atoms with E-state index in [0.29, 0.717) is 13.0 Å². The monoisotopic (exact) mass is 335 g/mol. The number of para-hydroxylation sites is 1. The summed E-state index contributed by atoms with van der Waals surface area (Å²) in [7, 11) is -3.67. The second-order valence-electron chi connectivity index (χ2n) is 5.16. The average molecular weight is 335 g/mol. The number of sulfone groups is 1. The fraction of sp³-hybridized carbons (Fsp3) is 0.267. The highest BCUT2D eigenvalue weighted by atomic mass is 32.2. The number of benzene rings is 1. The SMILES string of the molecule is Cc1cnccc1CCNc1cccc(S(C)(=O)=O)c1[N+](=O)[O-]. The van der Waals surface area contributed by atoms with Crippen molar-refractivity contribution in [2.45, 2.75) is 18.2 Å². The van der Waals surface area contributed by atoms with E-state index in [-0.39, 0.29) is 10.6 Å². The van der Waals surface area contributed by atoms with Crippen molar-refractivity contribution in [1.29, 1.82) is 0 Å². The van der Waals surface area contributed by atoms with E-state index in [1.807, 2.05) is 13.0 Å². The Balaban J connectivity index is 2.24. The number of hydrogen-bond acceptors (Lipinski definition) is 6. The van der Waals surface area contributed by atoms with Crippen LogP contribution in [0.1, 0.15) is 11.1 Å². The molecule has 2 aromatic rings. The summed E-state index contributed by atoms with van der Waals surface area (Å²) in [5, 5.41) is 14.2. The minimum Gasteiger partial charge on any atom is -0.379 e. The number of hydrogen-bond donors (Lipinski definition) is 1. The van der Waals surface area contributed by atoms with Crippen molar-refractivity contribution in [3.8, 4) is 0 Å². The van der Waals surface area contributed by atoms with Crippen LogP contribution in [0.5, 0.6) is 0 Å². The first-order valence-electron chi connectivity index (χ1n) is 6.91. The van der Waals surface area contributed by atoms with Crippen molar-refractivity contribution >= 4 is 21.2 Å². The van der Waals surface area contributed by atoms with Gasteiger partial charge in [-0.1, -0.05) is 6.07 Å². The van der Waals surface area contributed by atoms with E-state index in [4.69, 9.17) is 0 Å². The molecule has 122 valence electrons. The lowest BCUT2D eigenvalue weighted by molar-refractivity contribution is -0.386. The summed E-state index contributed by atoms with van der Waals surface area (Å²) in [4.78, 5) is 14.3. The minimum atomic E-state index is -3.67. The normalized spacial score (nSPS) is 11.2. The Labute approximate surface area is 134 Å². The number of nitro groups is 1. The van der Waals surface area contributed by atoms with Crippen LogP contribution in [0.2, 0.25) is 0 Å². The molecule has 0 spiro atoms. The summed E-state index contributed by atoms with van der Waals surface area (Å²) in [6.07, 6.45) is 5.05. The van der Waals surface area contributed by atoms with E-state index in [0.717, 1.165) is 17.4 Å². The van der Waals surface area contributed by atoms with Gasteiger partial charge in [-0.05, 0) is 42.7 Å². The van der Waals surface area contributed by atoms with E-state index in [1.165, 1.54) is 18.2 Å². The standard InChI is InChI=1S/C15H17N3O4S/c1-11-10-16-8-6-12(11)7-9-17-13-4-3-5-14(23(2,21)22)15(13)18(19)20/h3-6,8,10,17H,7,9H2,1-2H3. The summed E-state index contributed by atoms with van der Waals surface area (Å²) >= 11 is 0. The summed E-state index contributed by atoms with van der Waals surface area (Å²) in [6, 6.07) is 6.12. The van der Waals surface area contributed by atoms with Crippen molar-refractivity contribution in [3.63, 3.8) is 0 Å². The molecule has 7 nitrogen and oxygen atoms in total. The van der Waals surface area contributed by atoms with Crippen molar-refractivity contribution < 1.29 is 13.3 Å². The molecular formula is C15H17N3O4S. The molecule has 0 radical (unpaired) electrons. The maximum Gasteiger partial charge on any atom is 0.310 e. The molecule has 0 unspecified atom stereocenters. The van der Waals surface area contributed by atoms with Crippen LogP contribution in [-0.4, -0.2) is 31.1 Å². The molecule has 0 saturated carbocycles. The van der Waals surface area contributed by atoms with Gasteiger partial charge in [0.1, 0.15) is 10.6 Å². The largest absolute Gasteiger partial charge is 0.379 e. The van der Waals surface area contributed by atoms with Gasteiger partial charge in [-0.25, -0.2) is 8.42 Å². The summed E-state index contributed by atoms with van der Waals surface area (Å²) < 4.78 is 23.4. The molecule has 0 bridgehead atoms. The Kier molecular flexibility index (Phi) is 4.95. The molecule has 1 heterocycles. The molecule has 0 aliphatic heterocycles. The van der Waals surface area contributed by atoms with E-state index in [1.54, 1.807) is 12.4 Å². The maximum atomic E-state index is 11.7. The third-order valence-corrected chi connectivity index (χ3v) is 4.56. The molecule has 2 rings (SSSR count). The number of rotatable bonds is 6. The van der Waals surface area contributed by atoms with Crippen LogP contribution in [0.25, 0.3) is 0 Å². The maximum absolute atomic E-state index is 11.7. The Morgan fingerprint density at radius 2 is 2.04 bits per heavy atom. The Hall–Kier alpha value is -2.48. The second-order valence-corrected chi connectivity index (χ2v) is 7.14. The van der Waals surface area contributed by atoms with Gasteiger partial charge in [0.15, 0.2) is 9.84 Å². The van der Waals surface area contributed by atoms with Gasteiger partial charge in [0.25, 0.3) is 0 Å². The molecule has 23 heavy (non-hydrogen) atoms. The summed E-state index contributed by atoms with van der Waals surface area (Å²) in [5.41, 5.74) is 1.90. The second kappa shape index (κ2) is 6.74. The Morgan fingerprint density at radius 1 is 1.30 bits per heavy atom. The highest BCUT2D eigenvalue weighted by Crippen LogP contribution is 2.31. The highest BCUT2D eigenvalue weighted by Gasteiger charge is 2.25. The van der Waals surface area contributed by atoms with E-state index < -0.39 is 20.4 Å². The number of nitrogens with one attached hydrogen (secondary N) is 1. The van der Waals surface area contributed by atoms with Gasteiger partial charge in [0.05, 0.1) is 4.92 Å². The Bertz CT molecular complexity index is 834. The molecule has 0 aliphatic carbocycles. The summed E-state index contributed by atoms with van der Waals surface area (Å²) in [6.45, 7) is 2.38. The number of nitro benzene ring substituents is 1. The molecular weight excluding hydrogens is 318 g/mol. The molecule has 0 fully saturated rings. The molecule has 0 amide bonds. The predicted octanol–water partition coefficient (Wildman–Crippen LogP) is 2.36. The van der Waals surface area contributed by atoms with Crippen molar-refractivity contribution in [2.75, 3.05) is 18.1 Å². The number of anilines is 1. The third kappa shape index (κ3) is 4.04. The lowest BCUT2D eigenvalue weighted by atomic mass is 10.1. The zero-order valence-electron chi connectivity index (χ0n) is 12.8. The van der Waals surface area contributed by atoms with Crippen molar-refractivity contribution in [3.05, 3.63) is 57.9 Å². The molecule has 1 aromatic heterocycles. The van der Waals surface area contributed by atoms with Gasteiger partial charge in [0, 0.05) is 25.2 Å². The molecule has 0 aliphatic rings. The van der Waals surface area contributed by atoms with Gasteiger partial charge in [-0.2, -0.15) is 0 Å². The third-order valence-electron chi connectivity index (χ3n) is 3.43. The summed E-state index contributed by atoms with van der Waals surface area (Å²) in [5.74, 6) is 0. The topological polar surface area (TPSA) is 102 Å². The molecule has 1 N–H and O–H groups in total. The van der Waals surface area contributed by atoms with Crippen LogP contribution in [0.4, 0.5) is 11.4 Å². The van der Waals surface area contributed by atoms with Gasteiger partial charge < -0.3 is 5.32 Å². The van der Waals surface area contributed by atoms with Gasteiger partial charge in [-0.3, -0.25) is 15.1 Å². The van der Waals surface area contributed by atoms with E-state index in [2.05, 4.69) is 10.3 Å². The average Bonchev–Trinajstić information content (AvgIpc) is 2.48. The zero-order valence-corrected chi connectivity index (χ0v) is 13.6. The molecule has 0 saturated heterocycles. The van der Waals surface area contributed by atoms with Crippen LogP contribution < -0.4 is 5.32 Å². The fourth-order valence-corrected chi connectivity index (χ4v) is 3.13. The van der Waals surface area contributed by atoms with Crippen LogP contribution in [0.3, 0.4) is 0 Å². The van der Waals surface area contributed by atoms with E-state index >= 15 is 0 Å². The zero-order chi connectivity index (χ0) is 17.0. The van der Waals surface area contributed by atoms with Gasteiger partial charge >= 0.3 is 5.69 Å². The van der Waals surface area contributed by atoms with Crippen molar-refractivity contribution in [1.82, 2.24) is 4.98 Å². The highest BCUT2D eigenvalue weighted by molar-refractivity contribution is 7.90. The predicted molar refractivity (Wildman–Crippen MR) is 87.4 cm³/mol.